The number of hydrogen-bond acceptors (Lipinski definition) is 8. The number of carboxylic acid groups (broad SMARTS) is 1. The fourth-order valence-corrected chi connectivity index (χ4v) is 5.63. The van der Waals surface area contributed by atoms with Crippen LogP contribution in [-0.4, -0.2) is 75.2 Å². The first-order valence-electron chi connectivity index (χ1n) is 14.0. The molecule has 0 atom stereocenters. The summed E-state index contributed by atoms with van der Waals surface area (Å²) in [6.45, 7) is 9.48. The molecule has 0 radical (unpaired) electrons. The van der Waals surface area contributed by atoms with Crippen molar-refractivity contribution >= 4 is 23.3 Å². The highest BCUT2D eigenvalue weighted by Crippen LogP contribution is 2.42. The van der Waals surface area contributed by atoms with Crippen molar-refractivity contribution in [1.82, 2.24) is 9.78 Å². The van der Waals surface area contributed by atoms with E-state index in [1.807, 2.05) is 23.9 Å². The fourth-order valence-electron chi connectivity index (χ4n) is 5.63. The number of alkyl halides is 3. The summed E-state index contributed by atoms with van der Waals surface area (Å²) in [4.78, 5) is 13.6. The first-order valence-corrected chi connectivity index (χ1v) is 14.0. The molecule has 2 aromatic carbocycles. The smallest absolute Gasteiger partial charge is 0.490 e. The molecule has 0 unspecified atom stereocenters. The zero-order valence-electron chi connectivity index (χ0n) is 26.5. The van der Waals surface area contributed by atoms with E-state index in [-0.39, 0.29) is 0 Å². The van der Waals surface area contributed by atoms with Crippen molar-refractivity contribution in [2.24, 2.45) is 7.05 Å². The lowest BCUT2D eigenvalue weighted by Crippen LogP contribution is -2.30. The van der Waals surface area contributed by atoms with Gasteiger partial charge in [-0.15, -0.1) is 0 Å². The summed E-state index contributed by atoms with van der Waals surface area (Å²) in [5.74, 6) is 1.29. The molecule has 0 bridgehead atoms. The van der Waals surface area contributed by atoms with Crippen LogP contribution in [0.15, 0.2) is 24.3 Å². The van der Waals surface area contributed by atoms with E-state index in [9.17, 15) is 13.2 Å². The van der Waals surface area contributed by atoms with E-state index in [2.05, 4.69) is 42.7 Å². The van der Waals surface area contributed by atoms with Crippen molar-refractivity contribution < 1.29 is 42.0 Å². The van der Waals surface area contributed by atoms with Gasteiger partial charge in [0.15, 0.2) is 17.3 Å². The number of fused-ring (bicyclic) bond motifs is 1. The second-order valence-electron chi connectivity index (χ2n) is 10.5. The number of anilines is 3. The molecular weight excluding hydrogens is 581 g/mol. The Bertz CT molecular complexity index is 1410. The minimum Gasteiger partial charge on any atom is -0.493 e. The predicted octanol–water partition coefficient (Wildman–Crippen LogP) is 5.74. The zero-order chi connectivity index (χ0) is 32.8. The highest BCUT2D eigenvalue weighted by atomic mass is 19.4. The molecule has 0 fully saturated rings. The molecule has 10 nitrogen and oxygen atoms in total. The van der Waals surface area contributed by atoms with Gasteiger partial charge in [0, 0.05) is 45.0 Å². The molecular formula is C31H41F3N4O6. The van der Waals surface area contributed by atoms with Crippen molar-refractivity contribution in [3.05, 3.63) is 52.1 Å². The molecule has 44 heavy (non-hydrogen) atoms. The second-order valence-corrected chi connectivity index (χ2v) is 10.5. The van der Waals surface area contributed by atoms with E-state index in [0.29, 0.717) is 30.4 Å². The van der Waals surface area contributed by atoms with Gasteiger partial charge in [0.2, 0.25) is 5.75 Å². The Labute approximate surface area is 255 Å². The van der Waals surface area contributed by atoms with Crippen LogP contribution in [0.4, 0.5) is 30.5 Å². The van der Waals surface area contributed by atoms with Crippen molar-refractivity contribution in [3.63, 3.8) is 0 Å². The monoisotopic (exact) mass is 622 g/mol. The number of carboxylic acids is 1. The van der Waals surface area contributed by atoms with E-state index >= 15 is 0 Å². The molecule has 0 saturated carbocycles. The van der Waals surface area contributed by atoms with Gasteiger partial charge >= 0.3 is 12.1 Å². The van der Waals surface area contributed by atoms with Crippen LogP contribution in [0.1, 0.15) is 34.2 Å². The SMILES string of the molecule is COCCN(Cc1cc(OC)c(OC)c(OC)c1)c1c2c(nn1C)N(c1c(C)cc(C)cc1C)CCC2.O=C(O)C(F)(F)F. The van der Waals surface area contributed by atoms with Crippen molar-refractivity contribution in [2.45, 2.75) is 46.3 Å². The number of halogens is 3. The molecule has 2 heterocycles. The summed E-state index contributed by atoms with van der Waals surface area (Å²) in [5.41, 5.74) is 7.45. The average Bonchev–Trinajstić information content (AvgIpc) is 3.30. The Morgan fingerprint density at radius 2 is 1.57 bits per heavy atom. The minimum atomic E-state index is -5.08. The normalized spacial score (nSPS) is 12.7. The lowest BCUT2D eigenvalue weighted by Gasteiger charge is -2.32. The summed E-state index contributed by atoms with van der Waals surface area (Å²) >= 11 is 0. The molecule has 0 aliphatic carbocycles. The average molecular weight is 623 g/mol. The lowest BCUT2D eigenvalue weighted by molar-refractivity contribution is -0.192. The van der Waals surface area contributed by atoms with Crippen LogP contribution in [0.2, 0.25) is 0 Å². The predicted molar refractivity (Wildman–Crippen MR) is 162 cm³/mol. The maximum Gasteiger partial charge on any atom is 0.490 e. The maximum atomic E-state index is 10.6. The van der Waals surface area contributed by atoms with Gasteiger partial charge in [0.1, 0.15) is 5.82 Å². The molecule has 0 spiro atoms. The molecule has 242 valence electrons. The number of carbonyl (C=O) groups is 1. The molecule has 1 N–H and O–H groups in total. The van der Waals surface area contributed by atoms with Crippen LogP contribution in [0, 0.1) is 20.8 Å². The lowest BCUT2D eigenvalue weighted by atomic mass is 10.00. The molecule has 1 aliphatic rings. The number of rotatable bonds is 10. The number of nitrogens with zero attached hydrogens (tertiary/aromatic N) is 4. The molecule has 0 amide bonds. The van der Waals surface area contributed by atoms with E-state index < -0.39 is 12.1 Å². The first kappa shape index (κ1) is 34.4. The molecule has 4 rings (SSSR count). The Morgan fingerprint density at radius 1 is 1.00 bits per heavy atom. The summed E-state index contributed by atoms with van der Waals surface area (Å²) in [6, 6.07) is 8.54. The highest BCUT2D eigenvalue weighted by molar-refractivity contribution is 5.75. The minimum absolute atomic E-state index is 0.592. The zero-order valence-corrected chi connectivity index (χ0v) is 26.5. The van der Waals surface area contributed by atoms with E-state index in [1.165, 1.54) is 27.9 Å². The quantitative estimate of drug-likeness (QED) is 0.304. The maximum absolute atomic E-state index is 10.6. The third kappa shape index (κ3) is 7.68. The third-order valence-corrected chi connectivity index (χ3v) is 7.27. The van der Waals surface area contributed by atoms with Gasteiger partial charge < -0.3 is 33.9 Å². The summed E-state index contributed by atoms with van der Waals surface area (Å²) in [5, 5.41) is 12.2. The van der Waals surface area contributed by atoms with Crippen LogP contribution >= 0.6 is 0 Å². The number of aliphatic carboxylic acids is 1. The van der Waals surface area contributed by atoms with Crippen molar-refractivity contribution in [2.75, 3.05) is 57.9 Å². The van der Waals surface area contributed by atoms with Crippen LogP contribution in [0.25, 0.3) is 0 Å². The summed E-state index contributed by atoms with van der Waals surface area (Å²) < 4.78 is 56.0. The molecule has 1 aromatic heterocycles. The van der Waals surface area contributed by atoms with E-state index in [4.69, 9.17) is 33.9 Å². The number of methoxy groups -OCH3 is 4. The van der Waals surface area contributed by atoms with Crippen LogP contribution in [0.3, 0.4) is 0 Å². The first-order chi connectivity index (χ1) is 20.8. The van der Waals surface area contributed by atoms with Gasteiger partial charge in [-0.25, -0.2) is 4.79 Å². The Kier molecular flexibility index (Phi) is 11.4. The Balaban J connectivity index is 0.000000676. The van der Waals surface area contributed by atoms with Gasteiger partial charge in [-0.05, 0) is 62.4 Å². The van der Waals surface area contributed by atoms with Gasteiger partial charge in [-0.3, -0.25) is 4.68 Å². The van der Waals surface area contributed by atoms with E-state index in [0.717, 1.165) is 43.1 Å². The number of aryl methyl sites for hydroxylation is 4. The van der Waals surface area contributed by atoms with Gasteiger partial charge in [-0.2, -0.15) is 18.3 Å². The van der Waals surface area contributed by atoms with Gasteiger partial charge in [0.25, 0.3) is 0 Å². The largest absolute Gasteiger partial charge is 0.493 e. The number of aromatic nitrogens is 2. The number of hydrogen-bond donors (Lipinski definition) is 1. The molecule has 1 aliphatic heterocycles. The standard InChI is InChI=1S/C29H40N4O4.C2HF3O2/c1-19-14-20(2)26(21(3)15-19)33-11-9-10-23-28(33)30-31(4)29(23)32(12-13-34-5)18-22-16-24(35-6)27(37-8)25(17-22)36-7;3-2(4,5)1(6)7/h14-17H,9-13,18H2,1-8H3;(H,6,7). The Hall–Kier alpha value is -4.13. The van der Waals surface area contributed by atoms with Gasteiger partial charge in [-0.1, -0.05) is 17.7 Å². The third-order valence-electron chi connectivity index (χ3n) is 7.27. The molecule has 3 aromatic rings. The Morgan fingerprint density at radius 3 is 2.05 bits per heavy atom. The van der Waals surface area contributed by atoms with Crippen molar-refractivity contribution in [1.29, 1.82) is 0 Å². The van der Waals surface area contributed by atoms with Crippen LogP contribution in [-0.2, 0) is 29.5 Å². The number of ether oxygens (including phenoxy) is 4. The number of benzene rings is 2. The fraction of sp³-hybridized carbons (Fsp3) is 0.484. The summed E-state index contributed by atoms with van der Waals surface area (Å²) in [6.07, 6.45) is -3.03. The second kappa shape index (κ2) is 14.6. The van der Waals surface area contributed by atoms with Crippen LogP contribution < -0.4 is 24.0 Å². The van der Waals surface area contributed by atoms with Crippen LogP contribution in [0.5, 0.6) is 17.2 Å². The van der Waals surface area contributed by atoms with Crippen molar-refractivity contribution in [3.8, 4) is 17.2 Å². The molecule has 13 heteroatoms. The summed E-state index contributed by atoms with van der Waals surface area (Å²) in [7, 11) is 8.68. The molecule has 0 saturated heterocycles. The highest BCUT2D eigenvalue weighted by Gasteiger charge is 2.38. The van der Waals surface area contributed by atoms with Gasteiger partial charge in [0.05, 0.1) is 27.9 Å². The topological polar surface area (TPSA) is 98.5 Å². The van der Waals surface area contributed by atoms with E-state index in [1.54, 1.807) is 28.4 Å².